The zero-order chi connectivity index (χ0) is 13.9. The van der Waals surface area contributed by atoms with E-state index in [1.165, 1.54) is 6.07 Å². The van der Waals surface area contributed by atoms with Crippen LogP contribution in [-0.4, -0.2) is 43.8 Å². The van der Waals surface area contributed by atoms with E-state index in [2.05, 4.69) is 17.1 Å². The Morgan fingerprint density at radius 3 is 2.68 bits per heavy atom. The zero-order valence-corrected chi connectivity index (χ0v) is 11.9. The molecule has 1 aliphatic rings. The summed E-state index contributed by atoms with van der Waals surface area (Å²) >= 11 is 0. The molecule has 3 nitrogen and oxygen atoms in total. The van der Waals surface area contributed by atoms with Gasteiger partial charge in [-0.25, -0.2) is 4.39 Å². The molecule has 0 aliphatic carbocycles. The van der Waals surface area contributed by atoms with Crippen LogP contribution in [0, 0.1) is 5.82 Å². The maximum atomic E-state index is 13.7. The number of hydrogen-bond acceptors (Lipinski definition) is 3. The molecule has 1 heterocycles. The number of ether oxygens (including phenoxy) is 1. The number of likely N-dealkylation sites (N-methyl/N-ethyl adjacent to an activating group) is 1. The third kappa shape index (κ3) is 3.53. The Bertz CT molecular complexity index is 420. The monoisotopic (exact) mass is 266 g/mol. The third-order valence-electron chi connectivity index (χ3n) is 3.91. The molecule has 0 spiro atoms. The average Bonchev–Trinajstić information content (AvgIpc) is 2.36. The largest absolute Gasteiger partial charge is 0.371 e. The van der Waals surface area contributed by atoms with Crippen LogP contribution in [0.2, 0.25) is 0 Å². The van der Waals surface area contributed by atoms with E-state index in [4.69, 9.17) is 4.74 Å². The summed E-state index contributed by atoms with van der Waals surface area (Å²) < 4.78 is 19.6. The van der Waals surface area contributed by atoms with E-state index >= 15 is 0 Å². The molecule has 0 amide bonds. The van der Waals surface area contributed by atoms with Gasteiger partial charge in [-0.2, -0.15) is 0 Å². The molecule has 1 saturated heterocycles. The molecule has 1 fully saturated rings. The molecule has 2 rings (SSSR count). The van der Waals surface area contributed by atoms with Crippen LogP contribution >= 0.6 is 0 Å². The molecule has 0 radical (unpaired) electrons. The number of nitrogens with one attached hydrogen (secondary N) is 1. The summed E-state index contributed by atoms with van der Waals surface area (Å²) in [7, 11) is 2.00. The minimum Gasteiger partial charge on any atom is -0.371 e. The molecule has 4 heteroatoms. The fraction of sp³-hybridized carbons (Fsp3) is 0.600. The van der Waals surface area contributed by atoms with Crippen molar-refractivity contribution >= 4 is 0 Å². The molecule has 1 aromatic rings. The van der Waals surface area contributed by atoms with Crippen molar-refractivity contribution < 1.29 is 9.13 Å². The smallest absolute Gasteiger partial charge is 0.127 e. The highest BCUT2D eigenvalue weighted by atomic mass is 19.1. The van der Waals surface area contributed by atoms with Crippen molar-refractivity contribution in [3.63, 3.8) is 0 Å². The minimum absolute atomic E-state index is 0.0118. The van der Waals surface area contributed by atoms with Crippen molar-refractivity contribution in [2.75, 3.05) is 33.3 Å². The van der Waals surface area contributed by atoms with Gasteiger partial charge in [-0.15, -0.1) is 0 Å². The van der Waals surface area contributed by atoms with Crippen molar-refractivity contribution in [3.05, 3.63) is 35.6 Å². The third-order valence-corrected chi connectivity index (χ3v) is 3.91. The fourth-order valence-electron chi connectivity index (χ4n) is 2.26. The molecular formula is C15H23FN2O. The number of rotatable bonds is 6. The number of nitrogens with zero attached hydrogens (tertiary/aromatic N) is 1. The van der Waals surface area contributed by atoms with Crippen LogP contribution in [0.3, 0.4) is 0 Å². The maximum Gasteiger partial charge on any atom is 0.127 e. The summed E-state index contributed by atoms with van der Waals surface area (Å²) in [5.74, 6) is -0.141. The van der Waals surface area contributed by atoms with E-state index in [0.717, 1.165) is 25.2 Å². The fourth-order valence-corrected chi connectivity index (χ4v) is 2.26. The molecule has 1 aliphatic heterocycles. The Balaban J connectivity index is 1.82. The molecule has 0 saturated carbocycles. The van der Waals surface area contributed by atoms with E-state index in [-0.39, 0.29) is 17.5 Å². The Morgan fingerprint density at radius 1 is 1.42 bits per heavy atom. The van der Waals surface area contributed by atoms with Crippen molar-refractivity contribution in [1.29, 1.82) is 0 Å². The molecule has 1 atom stereocenters. The Hall–Kier alpha value is -0.970. The van der Waals surface area contributed by atoms with Crippen molar-refractivity contribution in [3.8, 4) is 0 Å². The van der Waals surface area contributed by atoms with Gasteiger partial charge in [0.25, 0.3) is 0 Å². The van der Waals surface area contributed by atoms with Gasteiger partial charge in [0, 0.05) is 31.2 Å². The lowest BCUT2D eigenvalue weighted by molar-refractivity contribution is -0.0726. The first-order valence-electron chi connectivity index (χ1n) is 6.81. The summed E-state index contributed by atoms with van der Waals surface area (Å²) in [6, 6.07) is 7.00. The first kappa shape index (κ1) is 14.4. The van der Waals surface area contributed by atoms with Gasteiger partial charge >= 0.3 is 0 Å². The van der Waals surface area contributed by atoms with Crippen molar-refractivity contribution in [1.82, 2.24) is 10.2 Å². The first-order valence-corrected chi connectivity index (χ1v) is 6.81. The molecule has 19 heavy (non-hydrogen) atoms. The summed E-state index contributed by atoms with van der Waals surface area (Å²) in [6.45, 7) is 7.44. The SMILES string of the molecule is CC(c1ccccc1F)N(C)CCOC1(C)CNC1. The number of benzene rings is 1. The quantitative estimate of drug-likeness (QED) is 0.854. The number of halogens is 1. The van der Waals surface area contributed by atoms with Gasteiger partial charge in [0.1, 0.15) is 5.82 Å². The van der Waals surface area contributed by atoms with E-state index in [0.29, 0.717) is 6.61 Å². The summed E-state index contributed by atoms with van der Waals surface area (Å²) in [5.41, 5.74) is 0.726. The molecule has 0 aromatic heterocycles. The highest BCUT2D eigenvalue weighted by Crippen LogP contribution is 2.21. The predicted octanol–water partition coefficient (Wildman–Crippen LogP) is 2.20. The van der Waals surface area contributed by atoms with Gasteiger partial charge in [0.15, 0.2) is 0 Å². The van der Waals surface area contributed by atoms with Crippen LogP contribution < -0.4 is 5.32 Å². The highest BCUT2D eigenvalue weighted by Gasteiger charge is 2.32. The molecule has 106 valence electrons. The van der Waals surface area contributed by atoms with Gasteiger partial charge in [-0.05, 0) is 27.0 Å². The first-order chi connectivity index (χ1) is 9.02. The summed E-state index contributed by atoms with van der Waals surface area (Å²) in [6.07, 6.45) is 0. The highest BCUT2D eigenvalue weighted by molar-refractivity contribution is 5.20. The molecule has 1 unspecified atom stereocenters. The van der Waals surface area contributed by atoms with Crippen LogP contribution in [-0.2, 0) is 4.74 Å². The maximum absolute atomic E-state index is 13.7. The normalized spacial score (nSPS) is 19.2. The number of hydrogen-bond donors (Lipinski definition) is 1. The van der Waals surface area contributed by atoms with E-state index in [9.17, 15) is 4.39 Å². The van der Waals surface area contributed by atoms with Crippen molar-refractivity contribution in [2.45, 2.75) is 25.5 Å². The van der Waals surface area contributed by atoms with E-state index in [1.54, 1.807) is 6.07 Å². The van der Waals surface area contributed by atoms with Crippen LogP contribution in [0.5, 0.6) is 0 Å². The topological polar surface area (TPSA) is 24.5 Å². The predicted molar refractivity (Wildman–Crippen MR) is 74.7 cm³/mol. The lowest BCUT2D eigenvalue weighted by Gasteiger charge is -2.39. The molecule has 1 N–H and O–H groups in total. The zero-order valence-electron chi connectivity index (χ0n) is 11.9. The standard InChI is InChI=1S/C15H23FN2O/c1-12(13-6-4-5-7-14(13)16)18(3)8-9-19-15(2)10-17-11-15/h4-7,12,17H,8-11H2,1-3H3. The Morgan fingerprint density at radius 2 is 2.11 bits per heavy atom. The van der Waals surface area contributed by atoms with Crippen LogP contribution in [0.15, 0.2) is 24.3 Å². The molecular weight excluding hydrogens is 243 g/mol. The Labute approximate surface area is 114 Å². The van der Waals surface area contributed by atoms with Crippen LogP contribution in [0.4, 0.5) is 4.39 Å². The van der Waals surface area contributed by atoms with Gasteiger partial charge < -0.3 is 10.1 Å². The summed E-state index contributed by atoms with van der Waals surface area (Å²) in [4.78, 5) is 2.12. The van der Waals surface area contributed by atoms with Gasteiger partial charge in [0.2, 0.25) is 0 Å². The lowest BCUT2D eigenvalue weighted by Crippen LogP contribution is -2.59. The summed E-state index contributed by atoms with van der Waals surface area (Å²) in [5, 5.41) is 3.21. The molecule has 1 aromatic carbocycles. The van der Waals surface area contributed by atoms with Crippen molar-refractivity contribution in [2.24, 2.45) is 0 Å². The van der Waals surface area contributed by atoms with E-state index < -0.39 is 0 Å². The van der Waals surface area contributed by atoms with Gasteiger partial charge in [-0.3, -0.25) is 4.90 Å². The van der Waals surface area contributed by atoms with Crippen LogP contribution in [0.25, 0.3) is 0 Å². The molecule has 0 bridgehead atoms. The minimum atomic E-state index is -0.141. The Kier molecular flexibility index (Phi) is 4.55. The second-order valence-corrected chi connectivity index (χ2v) is 5.58. The van der Waals surface area contributed by atoms with Crippen LogP contribution in [0.1, 0.15) is 25.5 Å². The lowest BCUT2D eigenvalue weighted by atomic mass is 10.0. The second-order valence-electron chi connectivity index (χ2n) is 5.58. The van der Waals surface area contributed by atoms with Gasteiger partial charge in [-0.1, -0.05) is 18.2 Å². The van der Waals surface area contributed by atoms with E-state index in [1.807, 2.05) is 26.1 Å². The second kappa shape index (κ2) is 5.99. The average molecular weight is 266 g/mol. The van der Waals surface area contributed by atoms with Gasteiger partial charge in [0.05, 0.1) is 12.2 Å².